The Morgan fingerprint density at radius 3 is 1.44 bits per heavy atom. The van der Waals surface area contributed by atoms with Crippen molar-refractivity contribution in [3.63, 3.8) is 0 Å². The van der Waals surface area contributed by atoms with Crippen LogP contribution in [0.25, 0.3) is 0 Å². The number of fused-ring (bicyclic) bond motifs is 4. The number of benzene rings is 4. The first kappa shape index (κ1) is 52.7. The fourth-order valence-corrected chi connectivity index (χ4v) is 11.4. The molecule has 7 N–H and O–H groups in total. The number of carbonyl (C=O) groups excluding carboxylic acids is 4. The molecule has 4 aromatic rings. The first-order chi connectivity index (χ1) is 34.3. The van der Waals surface area contributed by atoms with Crippen molar-refractivity contribution < 1.29 is 28.7 Å². The molecule has 5 aliphatic rings. The van der Waals surface area contributed by atoms with E-state index in [1.165, 1.54) is 11.1 Å². The third-order valence-corrected chi connectivity index (χ3v) is 15.2. The lowest BCUT2D eigenvalue weighted by Crippen LogP contribution is -2.50. The Bertz CT molecular complexity index is 2430. The highest BCUT2D eigenvalue weighted by Gasteiger charge is 2.42. The molecule has 5 unspecified atom stereocenters. The van der Waals surface area contributed by atoms with Crippen molar-refractivity contribution in [2.75, 3.05) is 43.5 Å². The van der Waals surface area contributed by atoms with Gasteiger partial charge in [0.25, 0.3) is 11.8 Å². The molecule has 5 heterocycles. The minimum atomic E-state index is -0.236. The van der Waals surface area contributed by atoms with Gasteiger partial charge in [0.05, 0.1) is 17.3 Å². The maximum Gasteiger partial charge on any atom is 0.258 e. The van der Waals surface area contributed by atoms with Crippen LogP contribution in [-0.2, 0) is 32.3 Å². The van der Waals surface area contributed by atoms with Gasteiger partial charge in [-0.05, 0) is 143 Å². The van der Waals surface area contributed by atoms with Crippen molar-refractivity contribution in [1.29, 1.82) is 0 Å². The summed E-state index contributed by atoms with van der Waals surface area (Å²) in [6, 6.07) is 28.1. The molecule has 18 heteroatoms. The van der Waals surface area contributed by atoms with E-state index in [4.69, 9.17) is 61.6 Å². The normalized spacial score (nSPS) is 23.7. The molecule has 5 fully saturated rings. The number of piperidine rings is 3. The molecule has 9 rings (SSSR count). The first-order valence-corrected chi connectivity index (χ1v) is 26.3. The Balaban J connectivity index is 0.000000191. The molecule has 0 spiro atoms. The number of nitrogens with one attached hydrogen (secondary N) is 5. The van der Waals surface area contributed by atoms with E-state index in [-0.39, 0.29) is 67.8 Å². The highest BCUT2D eigenvalue weighted by atomic mass is 35.5. The van der Waals surface area contributed by atoms with Crippen molar-refractivity contribution in [3.05, 3.63) is 116 Å². The van der Waals surface area contributed by atoms with Crippen LogP contribution in [0.2, 0.25) is 20.1 Å². The van der Waals surface area contributed by atoms with Crippen molar-refractivity contribution in [3.8, 4) is 11.5 Å². The van der Waals surface area contributed by atoms with Crippen LogP contribution in [0.1, 0.15) is 81.8 Å². The van der Waals surface area contributed by atoms with Crippen LogP contribution in [0.3, 0.4) is 0 Å². The van der Waals surface area contributed by atoms with Crippen molar-refractivity contribution >= 4 is 81.4 Å². The molecule has 71 heavy (non-hydrogen) atoms. The number of nitrogens with zero attached hydrogens (tertiary/aromatic N) is 2. The van der Waals surface area contributed by atoms with Crippen LogP contribution in [0.4, 0.5) is 11.4 Å². The summed E-state index contributed by atoms with van der Waals surface area (Å²) in [5.41, 5.74) is 8.87. The second-order valence-corrected chi connectivity index (χ2v) is 21.1. The summed E-state index contributed by atoms with van der Waals surface area (Å²) in [5, 5.41) is 17.7. The van der Waals surface area contributed by atoms with E-state index in [0.29, 0.717) is 63.6 Å². The van der Waals surface area contributed by atoms with Crippen LogP contribution in [0.5, 0.6) is 11.5 Å². The predicted molar refractivity (Wildman–Crippen MR) is 280 cm³/mol. The third-order valence-electron chi connectivity index (χ3n) is 14.2. The number of carbonyl (C=O) groups is 4. The van der Waals surface area contributed by atoms with Gasteiger partial charge < -0.3 is 41.8 Å². The van der Waals surface area contributed by atoms with Crippen molar-refractivity contribution in [2.24, 2.45) is 11.7 Å². The summed E-state index contributed by atoms with van der Waals surface area (Å²) in [5.74, 6) is 0.107. The topological polar surface area (TPSA) is 179 Å². The Labute approximate surface area is 436 Å². The van der Waals surface area contributed by atoms with E-state index in [1.54, 1.807) is 36.4 Å². The summed E-state index contributed by atoms with van der Waals surface area (Å²) < 4.78 is 11.6. The molecule has 4 aromatic carbocycles. The lowest BCUT2D eigenvalue weighted by Gasteiger charge is -2.39. The van der Waals surface area contributed by atoms with Gasteiger partial charge in [0.15, 0.2) is 13.2 Å². The Morgan fingerprint density at radius 1 is 0.577 bits per heavy atom. The van der Waals surface area contributed by atoms with Gasteiger partial charge >= 0.3 is 0 Å². The highest BCUT2D eigenvalue weighted by molar-refractivity contribution is 6.31. The summed E-state index contributed by atoms with van der Waals surface area (Å²) >= 11 is 24.3. The summed E-state index contributed by atoms with van der Waals surface area (Å²) in [6.07, 6.45) is 10.4. The molecule has 0 aromatic heterocycles. The Hall–Kier alpha value is -4.64. The van der Waals surface area contributed by atoms with Crippen LogP contribution in [0, 0.1) is 5.92 Å². The number of hydrogen-bond donors (Lipinski definition) is 6. The standard InChI is InChI=1S/C28H34Cl2N4O3.C25H30Cl2N4O3/c29-20-5-3-18(4-6-20)16-34-23-8-9-24(34)14-22(13-23)32-27(35)17-37-26-10-7-21(30)12-25(26)33-28(36)19-2-1-11-31-15-19;26-17-3-1-16(2-4-17)14-31-20-6-7-21(31)13-19(12-20)29-25(33)15-34-23-8-5-18(27)11-22(23)30-24(32)9-10-28/h3-7,10,12,19,22-24,31H,1-2,8-9,11,13-17H2,(H,32,35)(H,33,36);1-5,8,11,19-21H,6-7,9-10,12-15,28H2,(H,29,33)(H,30,32). The molecular formula is C53H64Cl4N8O6. The van der Waals surface area contributed by atoms with Crippen molar-refractivity contribution in [2.45, 2.75) is 120 Å². The number of hydrogen-bond acceptors (Lipinski definition) is 10. The average Bonchev–Trinajstić information content (AvgIpc) is 3.71. The SMILES string of the molecule is NCCC(=O)Nc1cc(Cl)ccc1OCC(=O)NC1CC2CCC(C1)N2Cc1ccc(Cl)cc1.O=C(COc1ccc(Cl)cc1NC(=O)C1CCCNC1)NC1CC2CCC(C1)N2Cc1ccc(Cl)cc1. The van der Waals surface area contributed by atoms with Gasteiger partial charge in [0.2, 0.25) is 11.8 Å². The van der Waals surface area contributed by atoms with Gasteiger partial charge in [0.1, 0.15) is 11.5 Å². The monoisotopic (exact) mass is 1050 g/mol. The van der Waals surface area contributed by atoms with Crippen LogP contribution in [-0.4, -0.2) is 103 Å². The number of amides is 4. The van der Waals surface area contributed by atoms with Crippen LogP contribution < -0.4 is 41.8 Å². The largest absolute Gasteiger partial charge is 0.482 e. The smallest absolute Gasteiger partial charge is 0.258 e. The molecule has 5 aliphatic heterocycles. The maximum atomic E-state index is 12.8. The first-order valence-electron chi connectivity index (χ1n) is 24.8. The average molecular weight is 1050 g/mol. The van der Waals surface area contributed by atoms with Crippen LogP contribution >= 0.6 is 46.4 Å². The summed E-state index contributed by atoms with van der Waals surface area (Å²) in [4.78, 5) is 55.2. The predicted octanol–water partition coefficient (Wildman–Crippen LogP) is 8.59. The third kappa shape index (κ3) is 15.0. The number of anilines is 2. The Kier molecular flexibility index (Phi) is 18.8. The van der Waals surface area contributed by atoms with E-state index >= 15 is 0 Å². The molecular weight excluding hydrogens is 986 g/mol. The fourth-order valence-electron chi connectivity index (χ4n) is 10.8. The number of rotatable bonds is 17. The number of nitrogens with two attached hydrogens (primary N) is 1. The maximum absolute atomic E-state index is 12.8. The molecule has 5 atom stereocenters. The summed E-state index contributed by atoms with van der Waals surface area (Å²) in [7, 11) is 0. The lowest BCUT2D eigenvalue weighted by molar-refractivity contribution is -0.125. The quantitative estimate of drug-likeness (QED) is 0.0600. The minimum Gasteiger partial charge on any atom is -0.482 e. The zero-order valence-electron chi connectivity index (χ0n) is 39.8. The number of ether oxygens (including phenoxy) is 2. The van der Waals surface area contributed by atoms with E-state index in [1.807, 2.05) is 24.3 Å². The fraction of sp³-hybridized carbons (Fsp3) is 0.472. The molecule has 0 radical (unpaired) electrons. The van der Waals surface area contributed by atoms with Gasteiger partial charge in [-0.25, -0.2) is 0 Å². The zero-order chi connectivity index (χ0) is 49.9. The van der Waals surface area contributed by atoms with Gasteiger partial charge in [-0.3, -0.25) is 29.0 Å². The summed E-state index contributed by atoms with van der Waals surface area (Å²) in [6.45, 7) is 3.41. The minimum absolute atomic E-state index is 0.0652. The van der Waals surface area contributed by atoms with Gasteiger partial charge in [-0.1, -0.05) is 70.7 Å². The molecule has 0 aliphatic carbocycles. The Morgan fingerprint density at radius 2 is 1.01 bits per heavy atom. The van der Waals surface area contributed by atoms with Crippen molar-refractivity contribution in [1.82, 2.24) is 25.8 Å². The van der Waals surface area contributed by atoms with E-state index in [2.05, 4.69) is 60.6 Å². The highest BCUT2D eigenvalue weighted by Crippen LogP contribution is 2.39. The van der Waals surface area contributed by atoms with E-state index in [0.717, 1.165) is 93.9 Å². The number of halogens is 4. The van der Waals surface area contributed by atoms with Gasteiger partial charge in [0, 0.05) is 88.9 Å². The molecule has 4 bridgehead atoms. The molecule has 0 saturated carbocycles. The zero-order valence-corrected chi connectivity index (χ0v) is 42.8. The second kappa shape index (κ2) is 25.3. The molecule has 5 saturated heterocycles. The molecule has 14 nitrogen and oxygen atoms in total. The second-order valence-electron chi connectivity index (χ2n) is 19.3. The van der Waals surface area contributed by atoms with E-state index in [9.17, 15) is 19.2 Å². The van der Waals surface area contributed by atoms with E-state index < -0.39 is 0 Å². The lowest BCUT2D eigenvalue weighted by atomic mass is 9.96. The van der Waals surface area contributed by atoms with Crippen LogP contribution in [0.15, 0.2) is 84.9 Å². The van der Waals surface area contributed by atoms with Gasteiger partial charge in [-0.2, -0.15) is 0 Å². The molecule has 380 valence electrons. The van der Waals surface area contributed by atoms with Gasteiger partial charge in [-0.15, -0.1) is 0 Å². The molecule has 4 amide bonds.